The highest BCUT2D eigenvalue weighted by Gasteiger charge is 2.51. The SMILES string of the molecule is COC(=O)C1=NNC(C(=O)OC)=C2C=C[C@H]3OC(C)(C)O[C@H]3[C@H]12. The van der Waals surface area contributed by atoms with Crippen LogP contribution in [0.25, 0.3) is 0 Å². The molecule has 1 fully saturated rings. The Kier molecular flexibility index (Phi) is 3.73. The molecule has 2 heterocycles. The van der Waals surface area contributed by atoms with Gasteiger partial charge in [-0.05, 0) is 19.4 Å². The summed E-state index contributed by atoms with van der Waals surface area (Å²) in [5.41, 5.74) is 3.45. The van der Waals surface area contributed by atoms with Crippen molar-refractivity contribution in [2.24, 2.45) is 11.0 Å². The molecule has 23 heavy (non-hydrogen) atoms. The molecule has 124 valence electrons. The summed E-state index contributed by atoms with van der Waals surface area (Å²) in [5.74, 6) is -2.54. The van der Waals surface area contributed by atoms with E-state index < -0.39 is 29.7 Å². The van der Waals surface area contributed by atoms with Crippen molar-refractivity contribution >= 4 is 17.7 Å². The normalized spacial score (nSPS) is 30.8. The van der Waals surface area contributed by atoms with Crippen molar-refractivity contribution in [1.29, 1.82) is 0 Å². The fourth-order valence-electron chi connectivity index (χ4n) is 3.04. The Morgan fingerprint density at radius 1 is 1.22 bits per heavy atom. The standard InChI is InChI=1S/C15H18N2O6/c1-15(2)22-8-6-5-7-9(12(8)23-15)11(14(19)21-4)17-16-10(7)13(18)20-3/h5-6,8-9,12,16H,1-4H3/t8-,9+,12-/m1/s1. The van der Waals surface area contributed by atoms with E-state index in [2.05, 4.69) is 10.5 Å². The van der Waals surface area contributed by atoms with Gasteiger partial charge in [0.25, 0.3) is 0 Å². The lowest BCUT2D eigenvalue weighted by molar-refractivity contribution is -0.145. The Bertz CT molecular complexity index is 648. The molecule has 3 aliphatic rings. The van der Waals surface area contributed by atoms with Crippen molar-refractivity contribution in [1.82, 2.24) is 5.43 Å². The Labute approximate surface area is 133 Å². The van der Waals surface area contributed by atoms with Crippen LogP contribution in [0.2, 0.25) is 0 Å². The van der Waals surface area contributed by atoms with E-state index in [4.69, 9.17) is 18.9 Å². The molecule has 0 amide bonds. The zero-order chi connectivity index (χ0) is 16.8. The third-order valence-corrected chi connectivity index (χ3v) is 3.95. The topological polar surface area (TPSA) is 95.5 Å². The van der Waals surface area contributed by atoms with Crippen LogP contribution in [0.1, 0.15) is 13.8 Å². The van der Waals surface area contributed by atoms with E-state index >= 15 is 0 Å². The van der Waals surface area contributed by atoms with Gasteiger partial charge in [-0.15, -0.1) is 0 Å². The molecular formula is C15H18N2O6. The predicted molar refractivity (Wildman–Crippen MR) is 78.1 cm³/mol. The number of hydrogen-bond donors (Lipinski definition) is 1. The minimum atomic E-state index is -0.799. The van der Waals surface area contributed by atoms with Crippen LogP contribution in [-0.2, 0) is 28.5 Å². The summed E-state index contributed by atoms with van der Waals surface area (Å²) in [6.45, 7) is 3.58. The van der Waals surface area contributed by atoms with Crippen molar-refractivity contribution in [3.8, 4) is 0 Å². The predicted octanol–water partition coefficient (Wildman–Crippen LogP) is 0.252. The van der Waals surface area contributed by atoms with Gasteiger partial charge in [-0.1, -0.05) is 12.2 Å². The van der Waals surface area contributed by atoms with E-state index in [0.717, 1.165) is 0 Å². The van der Waals surface area contributed by atoms with Gasteiger partial charge in [0.1, 0.15) is 17.9 Å². The number of hydrazone groups is 1. The number of methoxy groups -OCH3 is 2. The monoisotopic (exact) mass is 322 g/mol. The number of nitrogens with one attached hydrogen (secondary N) is 1. The fraction of sp³-hybridized carbons (Fsp3) is 0.533. The van der Waals surface area contributed by atoms with Gasteiger partial charge in [-0.3, -0.25) is 5.43 Å². The first kappa shape index (κ1) is 15.7. The Balaban J connectivity index is 2.07. The number of esters is 2. The summed E-state index contributed by atoms with van der Waals surface area (Å²) in [6.07, 6.45) is 2.71. The van der Waals surface area contributed by atoms with Gasteiger partial charge >= 0.3 is 11.9 Å². The quantitative estimate of drug-likeness (QED) is 0.728. The fourth-order valence-corrected chi connectivity index (χ4v) is 3.04. The highest BCUT2D eigenvalue weighted by atomic mass is 16.8. The molecule has 0 aromatic heterocycles. The van der Waals surface area contributed by atoms with Crippen LogP contribution in [0.3, 0.4) is 0 Å². The lowest BCUT2D eigenvalue weighted by Crippen LogP contribution is -2.46. The molecule has 0 bridgehead atoms. The molecule has 1 aliphatic carbocycles. The lowest BCUT2D eigenvalue weighted by Gasteiger charge is -2.33. The summed E-state index contributed by atoms with van der Waals surface area (Å²) in [7, 11) is 2.55. The van der Waals surface area contributed by atoms with Crippen molar-refractivity contribution in [3.63, 3.8) is 0 Å². The molecule has 0 radical (unpaired) electrons. The van der Waals surface area contributed by atoms with E-state index in [1.807, 2.05) is 0 Å². The maximum Gasteiger partial charge on any atom is 0.356 e. The molecule has 1 N–H and O–H groups in total. The van der Waals surface area contributed by atoms with Crippen LogP contribution in [0.4, 0.5) is 0 Å². The van der Waals surface area contributed by atoms with Gasteiger partial charge in [-0.25, -0.2) is 9.59 Å². The zero-order valence-corrected chi connectivity index (χ0v) is 13.3. The van der Waals surface area contributed by atoms with Crippen LogP contribution in [-0.4, -0.2) is 49.9 Å². The molecule has 3 rings (SSSR count). The van der Waals surface area contributed by atoms with E-state index in [-0.39, 0.29) is 17.5 Å². The summed E-state index contributed by atoms with van der Waals surface area (Å²) in [5, 5.41) is 4.01. The van der Waals surface area contributed by atoms with Gasteiger partial charge in [0.05, 0.1) is 20.1 Å². The smallest absolute Gasteiger partial charge is 0.356 e. The van der Waals surface area contributed by atoms with Gasteiger partial charge in [0.15, 0.2) is 11.5 Å². The number of carbonyl (C=O) groups is 2. The van der Waals surface area contributed by atoms with Crippen molar-refractivity contribution < 1.29 is 28.5 Å². The molecule has 8 heteroatoms. The second-order valence-corrected chi connectivity index (χ2v) is 5.82. The van der Waals surface area contributed by atoms with Crippen molar-refractivity contribution in [2.75, 3.05) is 14.2 Å². The molecule has 3 atom stereocenters. The first-order valence-corrected chi connectivity index (χ1v) is 7.16. The van der Waals surface area contributed by atoms with Crippen LogP contribution < -0.4 is 5.43 Å². The molecule has 0 spiro atoms. The summed E-state index contributed by atoms with van der Waals surface area (Å²) in [6, 6.07) is 0. The molecular weight excluding hydrogens is 304 g/mol. The van der Waals surface area contributed by atoms with E-state index in [9.17, 15) is 9.59 Å². The minimum Gasteiger partial charge on any atom is -0.464 e. The molecule has 0 aromatic rings. The van der Waals surface area contributed by atoms with Gasteiger partial charge in [-0.2, -0.15) is 5.10 Å². The Morgan fingerprint density at radius 2 is 1.91 bits per heavy atom. The van der Waals surface area contributed by atoms with E-state index in [1.54, 1.807) is 26.0 Å². The average molecular weight is 322 g/mol. The lowest BCUT2D eigenvalue weighted by atomic mass is 9.80. The second kappa shape index (κ2) is 5.47. The molecule has 8 nitrogen and oxygen atoms in total. The number of carbonyl (C=O) groups excluding carboxylic acids is 2. The first-order valence-electron chi connectivity index (χ1n) is 7.16. The number of rotatable bonds is 2. The van der Waals surface area contributed by atoms with Crippen LogP contribution in [0, 0.1) is 5.92 Å². The first-order chi connectivity index (χ1) is 10.9. The number of nitrogens with zero attached hydrogens (tertiary/aromatic N) is 1. The van der Waals surface area contributed by atoms with E-state index in [1.165, 1.54) is 14.2 Å². The summed E-state index contributed by atoms with van der Waals surface area (Å²) < 4.78 is 21.3. The third kappa shape index (κ3) is 2.53. The highest BCUT2D eigenvalue weighted by Crippen LogP contribution is 2.41. The maximum atomic E-state index is 12.1. The molecule has 2 aliphatic heterocycles. The molecule has 1 saturated heterocycles. The summed E-state index contributed by atoms with van der Waals surface area (Å²) in [4.78, 5) is 24.0. The Morgan fingerprint density at radius 3 is 2.57 bits per heavy atom. The number of ether oxygens (including phenoxy) is 4. The summed E-state index contributed by atoms with van der Waals surface area (Å²) >= 11 is 0. The number of allylic oxidation sites excluding steroid dienone is 1. The van der Waals surface area contributed by atoms with Gasteiger partial charge in [0, 0.05) is 0 Å². The maximum absolute atomic E-state index is 12.1. The Hall–Kier alpha value is -2.19. The number of hydrogen-bond acceptors (Lipinski definition) is 8. The van der Waals surface area contributed by atoms with E-state index in [0.29, 0.717) is 5.57 Å². The molecule has 0 saturated carbocycles. The number of fused-ring (bicyclic) bond motifs is 3. The zero-order valence-electron chi connectivity index (χ0n) is 13.3. The third-order valence-electron chi connectivity index (χ3n) is 3.95. The van der Waals surface area contributed by atoms with Crippen LogP contribution in [0.15, 0.2) is 28.5 Å². The molecule has 0 aromatic carbocycles. The highest BCUT2D eigenvalue weighted by molar-refractivity contribution is 6.38. The molecule has 0 unspecified atom stereocenters. The average Bonchev–Trinajstić information content (AvgIpc) is 2.86. The van der Waals surface area contributed by atoms with Crippen LogP contribution in [0.5, 0.6) is 0 Å². The van der Waals surface area contributed by atoms with Gasteiger partial charge < -0.3 is 18.9 Å². The largest absolute Gasteiger partial charge is 0.464 e. The van der Waals surface area contributed by atoms with Crippen molar-refractivity contribution in [2.45, 2.75) is 31.8 Å². The van der Waals surface area contributed by atoms with Crippen LogP contribution >= 0.6 is 0 Å². The second-order valence-electron chi connectivity index (χ2n) is 5.82. The minimum absolute atomic E-state index is 0.135. The van der Waals surface area contributed by atoms with Crippen molar-refractivity contribution in [3.05, 3.63) is 23.4 Å². The van der Waals surface area contributed by atoms with Gasteiger partial charge in [0.2, 0.25) is 0 Å².